The summed E-state index contributed by atoms with van der Waals surface area (Å²) in [7, 11) is -4.30. The molecule has 0 unspecified atom stereocenters. The minimum Gasteiger partial charge on any atom is -0.349 e. The topological polar surface area (TPSA) is 103 Å². The van der Waals surface area contributed by atoms with Crippen molar-refractivity contribution in [3.63, 3.8) is 0 Å². The third-order valence-electron chi connectivity index (χ3n) is 5.98. The summed E-state index contributed by atoms with van der Waals surface area (Å²) in [5.74, 6) is -1.45. The quantitative estimate of drug-likeness (QED) is 0.464. The van der Waals surface area contributed by atoms with Gasteiger partial charge in [0.05, 0.1) is 28.3 Å². The third-order valence-corrected chi connectivity index (χ3v) is 7.86. The van der Waals surface area contributed by atoms with E-state index < -0.39 is 52.2 Å². The molecule has 0 saturated carbocycles. The predicted octanol–water partition coefficient (Wildman–Crippen LogP) is 4.20. The number of pyridine rings is 1. The molecule has 0 spiro atoms. The number of carbonyl (C=O) groups excluding carboxylic acids is 1. The maximum Gasteiger partial charge on any atom is 0.416 e. The van der Waals surface area contributed by atoms with Crippen molar-refractivity contribution in [3.05, 3.63) is 83.4 Å². The van der Waals surface area contributed by atoms with E-state index in [-0.39, 0.29) is 34.7 Å². The van der Waals surface area contributed by atoms with E-state index >= 15 is 0 Å². The van der Waals surface area contributed by atoms with Crippen LogP contribution in [0.25, 0.3) is 11.1 Å². The number of alkyl halides is 4. The summed E-state index contributed by atoms with van der Waals surface area (Å²) in [6.07, 6.45) is -5.31. The first-order valence-corrected chi connectivity index (χ1v) is 12.6. The maximum atomic E-state index is 14.2. The number of nitrogens with one attached hydrogen (secondary N) is 1. The van der Waals surface area contributed by atoms with Gasteiger partial charge in [-0.05, 0) is 48.0 Å². The highest BCUT2D eigenvalue weighted by Crippen LogP contribution is 2.32. The average molecular weight is 551 g/mol. The molecule has 1 saturated heterocycles. The van der Waals surface area contributed by atoms with E-state index in [1.165, 1.54) is 24.4 Å². The number of nitriles is 1. The number of benzene rings is 2. The second-order valence-electron chi connectivity index (χ2n) is 8.50. The van der Waals surface area contributed by atoms with Crippen LogP contribution in [0.2, 0.25) is 0 Å². The Bertz CT molecular complexity index is 1490. The Labute approximate surface area is 214 Å². The van der Waals surface area contributed by atoms with Crippen molar-refractivity contribution in [1.82, 2.24) is 14.6 Å². The molecule has 7 nitrogen and oxygen atoms in total. The highest BCUT2D eigenvalue weighted by atomic mass is 32.2. The van der Waals surface area contributed by atoms with Crippen LogP contribution < -0.4 is 5.32 Å². The lowest BCUT2D eigenvalue weighted by Gasteiger charge is -2.23. The van der Waals surface area contributed by atoms with E-state index in [1.54, 1.807) is 0 Å². The number of rotatable bonds is 6. The fourth-order valence-corrected chi connectivity index (χ4v) is 5.69. The summed E-state index contributed by atoms with van der Waals surface area (Å²) in [5, 5.41) is 11.9. The van der Waals surface area contributed by atoms with Gasteiger partial charge in [0.2, 0.25) is 15.9 Å². The van der Waals surface area contributed by atoms with Gasteiger partial charge in [0, 0.05) is 24.7 Å². The van der Waals surface area contributed by atoms with Gasteiger partial charge in [-0.2, -0.15) is 22.7 Å². The largest absolute Gasteiger partial charge is 0.416 e. The molecule has 1 aliphatic rings. The van der Waals surface area contributed by atoms with Crippen LogP contribution in [0, 0.1) is 17.1 Å². The summed E-state index contributed by atoms with van der Waals surface area (Å²) in [4.78, 5) is 16.7. The van der Waals surface area contributed by atoms with Crippen LogP contribution >= 0.6 is 0 Å². The number of carbonyl (C=O) groups is 1. The van der Waals surface area contributed by atoms with Gasteiger partial charge in [-0.25, -0.2) is 17.2 Å². The van der Waals surface area contributed by atoms with E-state index in [1.807, 2.05) is 6.07 Å². The zero-order chi connectivity index (χ0) is 27.7. The SMILES string of the molecule is N#Cc1cnc(CNC(=O)[C@@H]2C[C@@H](F)CN2S(=O)(=O)c2ccc(F)cc2)cc1-c1ccc(C(F)(F)F)cc1. The van der Waals surface area contributed by atoms with Crippen LogP contribution in [0.3, 0.4) is 0 Å². The van der Waals surface area contributed by atoms with E-state index in [9.17, 15) is 40.4 Å². The summed E-state index contributed by atoms with van der Waals surface area (Å²) in [5.41, 5.74) is 0.0643. The smallest absolute Gasteiger partial charge is 0.349 e. The van der Waals surface area contributed by atoms with Crippen LogP contribution in [0.15, 0.2) is 65.7 Å². The highest BCUT2D eigenvalue weighted by Gasteiger charge is 2.44. The second-order valence-corrected chi connectivity index (χ2v) is 10.4. The molecule has 2 atom stereocenters. The number of aromatic nitrogens is 1. The Kier molecular flexibility index (Phi) is 7.48. The lowest BCUT2D eigenvalue weighted by molar-refractivity contribution is -0.137. The number of nitrogens with zero attached hydrogens (tertiary/aromatic N) is 3. The van der Waals surface area contributed by atoms with Crippen LogP contribution in [0.5, 0.6) is 0 Å². The van der Waals surface area contributed by atoms with Crippen molar-refractivity contribution < 1.29 is 35.2 Å². The summed E-state index contributed by atoms with van der Waals surface area (Å²) in [6, 6.07) is 10.1. The van der Waals surface area contributed by atoms with Crippen LogP contribution in [0.4, 0.5) is 22.0 Å². The van der Waals surface area contributed by atoms with Crippen molar-refractivity contribution in [1.29, 1.82) is 5.26 Å². The number of hydrogen-bond acceptors (Lipinski definition) is 5. The number of halogens is 5. The molecular weight excluding hydrogens is 531 g/mol. The summed E-state index contributed by atoms with van der Waals surface area (Å²) < 4.78 is 92.8. The number of amides is 1. The van der Waals surface area contributed by atoms with Crippen LogP contribution in [-0.2, 0) is 27.5 Å². The van der Waals surface area contributed by atoms with Crippen molar-refractivity contribution in [2.45, 2.75) is 36.3 Å². The lowest BCUT2D eigenvalue weighted by Crippen LogP contribution is -2.45. The van der Waals surface area contributed by atoms with E-state index in [4.69, 9.17) is 0 Å². The van der Waals surface area contributed by atoms with E-state index in [2.05, 4.69) is 10.3 Å². The predicted molar refractivity (Wildman–Crippen MR) is 125 cm³/mol. The van der Waals surface area contributed by atoms with Gasteiger partial charge in [-0.15, -0.1) is 0 Å². The van der Waals surface area contributed by atoms with Gasteiger partial charge >= 0.3 is 6.18 Å². The molecule has 13 heteroatoms. The van der Waals surface area contributed by atoms with Gasteiger partial charge in [0.25, 0.3) is 0 Å². The van der Waals surface area contributed by atoms with E-state index in [0.717, 1.165) is 40.7 Å². The molecule has 198 valence electrons. The van der Waals surface area contributed by atoms with Gasteiger partial charge in [-0.3, -0.25) is 9.78 Å². The highest BCUT2D eigenvalue weighted by molar-refractivity contribution is 7.89. The minimum atomic E-state index is -4.53. The molecule has 4 rings (SSSR count). The lowest BCUT2D eigenvalue weighted by atomic mass is 10.00. The maximum absolute atomic E-state index is 14.2. The molecule has 0 bridgehead atoms. The molecule has 0 radical (unpaired) electrons. The molecule has 1 aliphatic heterocycles. The Morgan fingerprint density at radius 1 is 1.13 bits per heavy atom. The van der Waals surface area contributed by atoms with E-state index in [0.29, 0.717) is 5.56 Å². The molecule has 2 heterocycles. The standard InChI is InChI=1S/C25H19F5N4O3S/c26-18-5-7-21(8-6-18)38(36,37)34-14-19(27)9-23(34)24(35)33-13-20-10-22(16(11-31)12-32-20)15-1-3-17(4-2-15)25(28,29)30/h1-8,10,12,19,23H,9,13-14H2,(H,33,35)/t19-,23+/m1/s1. The minimum absolute atomic E-state index is 0.0902. The van der Waals surface area contributed by atoms with Crippen molar-refractivity contribution in [3.8, 4) is 17.2 Å². The summed E-state index contributed by atoms with van der Waals surface area (Å²) in [6.45, 7) is -0.777. The Morgan fingerprint density at radius 3 is 2.39 bits per heavy atom. The molecular formula is C25H19F5N4O3S. The average Bonchev–Trinajstić information content (AvgIpc) is 3.29. The number of hydrogen-bond donors (Lipinski definition) is 1. The zero-order valence-corrected chi connectivity index (χ0v) is 20.2. The molecule has 1 N–H and O–H groups in total. The molecule has 0 aliphatic carbocycles. The van der Waals surface area contributed by atoms with Crippen LogP contribution in [-0.4, -0.2) is 42.4 Å². The Balaban J connectivity index is 1.52. The van der Waals surface area contributed by atoms with Gasteiger partial charge in [0.1, 0.15) is 24.1 Å². The van der Waals surface area contributed by atoms with Gasteiger partial charge < -0.3 is 5.32 Å². The fraction of sp³-hybridized carbons (Fsp3) is 0.240. The molecule has 1 amide bonds. The third kappa shape index (κ3) is 5.66. The Hall–Kier alpha value is -3.89. The van der Waals surface area contributed by atoms with Crippen molar-refractivity contribution >= 4 is 15.9 Å². The van der Waals surface area contributed by atoms with Gasteiger partial charge in [0.15, 0.2) is 0 Å². The van der Waals surface area contributed by atoms with Gasteiger partial charge in [-0.1, -0.05) is 12.1 Å². The molecule has 1 fully saturated rings. The fourth-order valence-electron chi connectivity index (χ4n) is 4.06. The number of sulfonamides is 1. The zero-order valence-electron chi connectivity index (χ0n) is 19.4. The summed E-state index contributed by atoms with van der Waals surface area (Å²) >= 11 is 0. The Morgan fingerprint density at radius 2 is 1.79 bits per heavy atom. The molecule has 1 aromatic heterocycles. The van der Waals surface area contributed by atoms with Crippen LogP contribution in [0.1, 0.15) is 23.2 Å². The molecule has 38 heavy (non-hydrogen) atoms. The first kappa shape index (κ1) is 27.2. The second kappa shape index (κ2) is 10.5. The molecule has 3 aromatic rings. The molecule has 2 aromatic carbocycles. The first-order chi connectivity index (χ1) is 17.9. The first-order valence-electron chi connectivity index (χ1n) is 11.2. The van der Waals surface area contributed by atoms with Crippen molar-refractivity contribution in [2.24, 2.45) is 0 Å². The van der Waals surface area contributed by atoms with Crippen molar-refractivity contribution in [2.75, 3.05) is 6.54 Å². The normalized spacial score (nSPS) is 18.2. The monoisotopic (exact) mass is 550 g/mol.